The molecule has 0 radical (unpaired) electrons. The van der Waals surface area contributed by atoms with Gasteiger partial charge in [0.15, 0.2) is 0 Å². The van der Waals surface area contributed by atoms with Gasteiger partial charge in [-0.05, 0) is 25.1 Å². The molecular weight excluding hydrogens is 201 g/mol. The Labute approximate surface area is 86.4 Å². The van der Waals surface area contributed by atoms with Crippen LogP contribution < -0.4 is 5.32 Å². The summed E-state index contributed by atoms with van der Waals surface area (Å²) in [7, 11) is 0. The minimum Gasteiger partial charge on any atom is -0.507 e. The van der Waals surface area contributed by atoms with Gasteiger partial charge >= 0.3 is 0 Å². The Morgan fingerprint density at radius 3 is 2.87 bits per heavy atom. The van der Waals surface area contributed by atoms with Crippen LogP contribution in [0.5, 0.6) is 5.75 Å². The molecule has 1 rings (SSSR count). The Kier molecular flexibility index (Phi) is 3.62. The van der Waals surface area contributed by atoms with Gasteiger partial charge in [-0.15, -0.1) is 0 Å². The van der Waals surface area contributed by atoms with Crippen molar-refractivity contribution >= 4 is 5.91 Å². The lowest BCUT2D eigenvalue weighted by molar-refractivity contribution is 0.0919. The van der Waals surface area contributed by atoms with E-state index in [1.54, 1.807) is 6.92 Å². The molecule has 0 saturated carbocycles. The number of halogens is 1. The topological polar surface area (TPSA) is 69.6 Å². The summed E-state index contributed by atoms with van der Waals surface area (Å²) in [6, 6.07) is 2.66. The van der Waals surface area contributed by atoms with Crippen molar-refractivity contribution in [1.82, 2.24) is 5.32 Å². The number of aliphatic hydroxyl groups is 1. The average Bonchev–Trinajstić information content (AvgIpc) is 2.21. The number of nitrogens with one attached hydrogen (secondary N) is 1. The first-order valence-corrected chi connectivity index (χ1v) is 4.45. The van der Waals surface area contributed by atoms with Gasteiger partial charge in [0.25, 0.3) is 5.91 Å². The monoisotopic (exact) mass is 213 g/mol. The zero-order chi connectivity index (χ0) is 11.4. The van der Waals surface area contributed by atoms with Crippen molar-refractivity contribution < 1.29 is 19.4 Å². The highest BCUT2D eigenvalue weighted by molar-refractivity contribution is 5.96. The van der Waals surface area contributed by atoms with Crippen molar-refractivity contribution in [3.8, 4) is 5.75 Å². The van der Waals surface area contributed by atoms with E-state index in [-0.39, 0.29) is 17.9 Å². The van der Waals surface area contributed by atoms with Gasteiger partial charge in [0.05, 0.1) is 12.2 Å². The Morgan fingerprint density at radius 1 is 1.60 bits per heavy atom. The van der Waals surface area contributed by atoms with Gasteiger partial charge in [-0.25, -0.2) is 4.39 Å². The maximum Gasteiger partial charge on any atom is 0.255 e. The number of phenolic OH excluding ortho intramolecular Hbond substituents is 1. The van der Waals surface area contributed by atoms with Crippen LogP contribution in [0.2, 0.25) is 0 Å². The molecule has 0 aromatic heterocycles. The summed E-state index contributed by atoms with van der Waals surface area (Å²) in [6.45, 7) is 1.37. The summed E-state index contributed by atoms with van der Waals surface area (Å²) in [5, 5.41) is 20.4. The maximum absolute atomic E-state index is 12.8. The third-order valence-corrected chi connectivity index (χ3v) is 1.85. The lowest BCUT2D eigenvalue weighted by Crippen LogP contribution is -2.35. The Bertz CT molecular complexity index is 368. The Morgan fingerprint density at radius 2 is 2.27 bits per heavy atom. The first-order valence-electron chi connectivity index (χ1n) is 4.45. The molecule has 15 heavy (non-hydrogen) atoms. The molecule has 5 heteroatoms. The predicted octanol–water partition coefficient (Wildman–Crippen LogP) is 0.642. The second-order valence-electron chi connectivity index (χ2n) is 3.22. The second-order valence-corrected chi connectivity index (χ2v) is 3.22. The van der Waals surface area contributed by atoms with Gasteiger partial charge in [-0.1, -0.05) is 0 Å². The number of aliphatic hydroxyl groups excluding tert-OH is 1. The molecule has 1 aromatic rings. The molecule has 1 amide bonds. The smallest absolute Gasteiger partial charge is 0.255 e. The third-order valence-electron chi connectivity index (χ3n) is 1.85. The fourth-order valence-corrected chi connectivity index (χ4v) is 1.04. The molecule has 0 aliphatic rings. The molecule has 0 heterocycles. The number of aromatic hydroxyl groups is 1. The van der Waals surface area contributed by atoms with E-state index >= 15 is 0 Å². The van der Waals surface area contributed by atoms with E-state index in [0.29, 0.717) is 0 Å². The number of rotatable bonds is 3. The van der Waals surface area contributed by atoms with Crippen LogP contribution in [0.3, 0.4) is 0 Å². The van der Waals surface area contributed by atoms with E-state index in [2.05, 4.69) is 5.32 Å². The summed E-state index contributed by atoms with van der Waals surface area (Å²) in [4.78, 5) is 11.4. The number of carbonyl (C=O) groups is 1. The summed E-state index contributed by atoms with van der Waals surface area (Å²) in [5.41, 5.74) is -0.143. The highest BCUT2D eigenvalue weighted by Crippen LogP contribution is 2.17. The van der Waals surface area contributed by atoms with Gasteiger partial charge < -0.3 is 15.5 Å². The number of benzene rings is 1. The molecule has 0 aliphatic carbocycles. The van der Waals surface area contributed by atoms with Gasteiger partial charge in [0.1, 0.15) is 11.6 Å². The van der Waals surface area contributed by atoms with Gasteiger partial charge in [0, 0.05) is 6.04 Å². The number of hydrogen-bond acceptors (Lipinski definition) is 3. The lowest BCUT2D eigenvalue weighted by atomic mass is 10.1. The molecule has 3 N–H and O–H groups in total. The molecule has 4 nitrogen and oxygen atoms in total. The van der Waals surface area contributed by atoms with Crippen LogP contribution in [0.4, 0.5) is 4.39 Å². The number of amides is 1. The number of hydrogen-bond donors (Lipinski definition) is 3. The third kappa shape index (κ3) is 2.92. The first kappa shape index (κ1) is 11.5. The largest absolute Gasteiger partial charge is 0.507 e. The molecule has 0 aliphatic heterocycles. The normalized spacial score (nSPS) is 12.2. The molecule has 0 bridgehead atoms. The van der Waals surface area contributed by atoms with Crippen LogP contribution in [0, 0.1) is 5.82 Å². The summed E-state index contributed by atoms with van der Waals surface area (Å²) in [6.07, 6.45) is 0. The van der Waals surface area contributed by atoms with Crippen molar-refractivity contribution in [2.45, 2.75) is 13.0 Å². The molecule has 0 saturated heterocycles. The highest BCUT2D eigenvalue weighted by Gasteiger charge is 2.13. The summed E-state index contributed by atoms with van der Waals surface area (Å²) < 4.78 is 12.8. The molecular formula is C10H12FNO3. The van der Waals surface area contributed by atoms with E-state index < -0.39 is 17.8 Å². The second kappa shape index (κ2) is 4.75. The predicted molar refractivity (Wildman–Crippen MR) is 52.1 cm³/mol. The zero-order valence-electron chi connectivity index (χ0n) is 8.20. The number of phenols is 1. The van der Waals surface area contributed by atoms with Crippen LogP contribution in [-0.4, -0.2) is 28.8 Å². The van der Waals surface area contributed by atoms with E-state index in [4.69, 9.17) is 5.11 Å². The number of carbonyl (C=O) groups excluding carboxylic acids is 1. The van der Waals surface area contributed by atoms with Gasteiger partial charge in [-0.2, -0.15) is 0 Å². The summed E-state index contributed by atoms with van der Waals surface area (Å²) in [5.74, 6) is -1.51. The van der Waals surface area contributed by atoms with Crippen LogP contribution in [0.15, 0.2) is 18.2 Å². The minimum absolute atomic E-state index is 0.143. The standard InChI is InChI=1S/C10H12FNO3/c1-6(5-13)12-10(15)8-4-7(11)2-3-9(8)14/h2-4,6,13-14H,5H2,1H3,(H,12,15). The highest BCUT2D eigenvalue weighted by atomic mass is 19.1. The van der Waals surface area contributed by atoms with Crippen LogP contribution >= 0.6 is 0 Å². The van der Waals surface area contributed by atoms with Crippen LogP contribution in [0.25, 0.3) is 0 Å². The maximum atomic E-state index is 12.8. The van der Waals surface area contributed by atoms with Crippen molar-refractivity contribution in [2.24, 2.45) is 0 Å². The lowest BCUT2D eigenvalue weighted by Gasteiger charge is -2.11. The van der Waals surface area contributed by atoms with Crippen molar-refractivity contribution in [1.29, 1.82) is 0 Å². The Balaban J connectivity index is 2.86. The fraction of sp³-hybridized carbons (Fsp3) is 0.300. The van der Waals surface area contributed by atoms with Gasteiger partial charge in [0.2, 0.25) is 0 Å². The molecule has 1 atom stereocenters. The fourth-order valence-electron chi connectivity index (χ4n) is 1.04. The first-order chi connectivity index (χ1) is 7.04. The Hall–Kier alpha value is -1.62. The van der Waals surface area contributed by atoms with Crippen LogP contribution in [0.1, 0.15) is 17.3 Å². The van der Waals surface area contributed by atoms with E-state index in [9.17, 15) is 14.3 Å². The van der Waals surface area contributed by atoms with E-state index in [1.165, 1.54) is 0 Å². The molecule has 1 unspecified atom stereocenters. The molecule has 0 spiro atoms. The van der Waals surface area contributed by atoms with E-state index in [1.807, 2.05) is 0 Å². The van der Waals surface area contributed by atoms with Crippen LogP contribution in [-0.2, 0) is 0 Å². The van der Waals surface area contributed by atoms with Crippen molar-refractivity contribution in [3.63, 3.8) is 0 Å². The summed E-state index contributed by atoms with van der Waals surface area (Å²) >= 11 is 0. The quantitative estimate of drug-likeness (QED) is 0.690. The van der Waals surface area contributed by atoms with Crippen molar-refractivity contribution in [3.05, 3.63) is 29.6 Å². The molecule has 82 valence electrons. The SMILES string of the molecule is CC(CO)NC(=O)c1cc(F)ccc1O. The molecule has 1 aromatic carbocycles. The van der Waals surface area contributed by atoms with Crippen molar-refractivity contribution in [2.75, 3.05) is 6.61 Å². The molecule has 0 fully saturated rings. The zero-order valence-corrected chi connectivity index (χ0v) is 8.20. The average molecular weight is 213 g/mol. The van der Waals surface area contributed by atoms with E-state index in [0.717, 1.165) is 18.2 Å². The van der Waals surface area contributed by atoms with Gasteiger partial charge in [-0.3, -0.25) is 4.79 Å². The minimum atomic E-state index is -0.617.